The summed E-state index contributed by atoms with van der Waals surface area (Å²) in [5.74, 6) is 2.13. The molecule has 0 amide bonds. The minimum Gasteiger partial charge on any atom is -0.176 e. The summed E-state index contributed by atoms with van der Waals surface area (Å²) in [6.45, 7) is 6.90. The van der Waals surface area contributed by atoms with Crippen LogP contribution in [0.15, 0.2) is 24.3 Å². The number of rotatable bonds is 3. The third-order valence-corrected chi connectivity index (χ3v) is 4.81. The molecule has 94 valence electrons. The Hall–Kier alpha value is -0.430. The smallest absolute Gasteiger partial charge is 0.00228 e. The lowest BCUT2D eigenvalue weighted by molar-refractivity contribution is 0.535. The molecule has 1 aromatic carbocycles. The van der Waals surface area contributed by atoms with Crippen molar-refractivity contribution in [1.82, 2.24) is 0 Å². The van der Waals surface area contributed by atoms with Crippen molar-refractivity contribution < 1.29 is 0 Å². The summed E-state index contributed by atoms with van der Waals surface area (Å²) in [5, 5.41) is 0.620. The number of hydrogen-bond donors (Lipinski definition) is 1. The second kappa shape index (κ2) is 5.48. The maximum absolute atomic E-state index is 4.58. The van der Waals surface area contributed by atoms with Crippen molar-refractivity contribution >= 4 is 12.6 Å². The Morgan fingerprint density at radius 2 is 1.71 bits per heavy atom. The topological polar surface area (TPSA) is 0 Å². The second-order valence-corrected chi connectivity index (χ2v) is 6.59. The van der Waals surface area contributed by atoms with Crippen LogP contribution in [-0.4, -0.2) is 5.25 Å². The van der Waals surface area contributed by atoms with Crippen molar-refractivity contribution in [2.24, 2.45) is 5.92 Å². The largest absolute Gasteiger partial charge is 0.176 e. The second-order valence-electron chi connectivity index (χ2n) is 5.86. The summed E-state index contributed by atoms with van der Waals surface area (Å²) >= 11 is 4.58. The van der Waals surface area contributed by atoms with Gasteiger partial charge in [-0.3, -0.25) is 0 Å². The van der Waals surface area contributed by atoms with Crippen molar-refractivity contribution in [3.63, 3.8) is 0 Å². The zero-order valence-corrected chi connectivity index (χ0v) is 12.1. The van der Waals surface area contributed by atoms with Gasteiger partial charge in [-0.2, -0.15) is 12.6 Å². The van der Waals surface area contributed by atoms with Crippen LogP contribution in [0.2, 0.25) is 0 Å². The molecule has 0 radical (unpaired) electrons. The van der Waals surface area contributed by atoms with Gasteiger partial charge in [-0.15, -0.1) is 0 Å². The van der Waals surface area contributed by atoms with E-state index in [2.05, 4.69) is 57.7 Å². The van der Waals surface area contributed by atoms with Gasteiger partial charge in [0.25, 0.3) is 0 Å². The molecular weight excluding hydrogens is 224 g/mol. The normalized spacial score (nSPS) is 26.4. The summed E-state index contributed by atoms with van der Waals surface area (Å²) < 4.78 is 0. The van der Waals surface area contributed by atoms with Crippen LogP contribution >= 0.6 is 12.6 Å². The number of benzene rings is 1. The van der Waals surface area contributed by atoms with Crippen LogP contribution in [0.3, 0.4) is 0 Å². The SMILES string of the molecule is CC(C)C(C)c1ccc(C2CCC(S)C2)cc1. The Morgan fingerprint density at radius 3 is 2.18 bits per heavy atom. The molecular formula is C16H24S. The fraction of sp³-hybridized carbons (Fsp3) is 0.625. The lowest BCUT2D eigenvalue weighted by Crippen LogP contribution is -2.02. The van der Waals surface area contributed by atoms with Gasteiger partial charge in [0.15, 0.2) is 0 Å². The van der Waals surface area contributed by atoms with Crippen LogP contribution in [0.5, 0.6) is 0 Å². The average molecular weight is 248 g/mol. The molecule has 3 unspecified atom stereocenters. The first-order valence-corrected chi connectivity index (χ1v) is 7.37. The molecule has 0 N–H and O–H groups in total. The highest BCUT2D eigenvalue weighted by atomic mass is 32.1. The molecule has 1 fully saturated rings. The average Bonchev–Trinajstić information content (AvgIpc) is 2.75. The van der Waals surface area contributed by atoms with E-state index in [9.17, 15) is 0 Å². The van der Waals surface area contributed by atoms with Crippen LogP contribution in [-0.2, 0) is 0 Å². The summed E-state index contributed by atoms with van der Waals surface area (Å²) in [5.41, 5.74) is 2.99. The van der Waals surface area contributed by atoms with Gasteiger partial charge in [0.05, 0.1) is 0 Å². The van der Waals surface area contributed by atoms with Crippen LogP contribution < -0.4 is 0 Å². The van der Waals surface area contributed by atoms with E-state index in [-0.39, 0.29) is 0 Å². The molecule has 0 nitrogen and oxygen atoms in total. The quantitative estimate of drug-likeness (QED) is 0.714. The summed E-state index contributed by atoms with van der Waals surface area (Å²) in [7, 11) is 0. The van der Waals surface area contributed by atoms with Gasteiger partial charge in [-0.25, -0.2) is 0 Å². The molecule has 2 rings (SSSR count). The Labute approximate surface area is 111 Å². The molecule has 3 atom stereocenters. The molecule has 0 bridgehead atoms. The van der Waals surface area contributed by atoms with E-state index >= 15 is 0 Å². The van der Waals surface area contributed by atoms with E-state index in [1.165, 1.54) is 30.4 Å². The maximum Gasteiger partial charge on any atom is 0.00228 e. The van der Waals surface area contributed by atoms with Crippen LogP contribution in [0.4, 0.5) is 0 Å². The zero-order chi connectivity index (χ0) is 12.4. The van der Waals surface area contributed by atoms with Gasteiger partial charge in [0.2, 0.25) is 0 Å². The van der Waals surface area contributed by atoms with Crippen molar-refractivity contribution in [2.45, 2.75) is 57.1 Å². The van der Waals surface area contributed by atoms with Gasteiger partial charge in [0, 0.05) is 5.25 Å². The first-order chi connectivity index (χ1) is 8.08. The minimum absolute atomic E-state index is 0.620. The van der Waals surface area contributed by atoms with Crippen molar-refractivity contribution in [2.75, 3.05) is 0 Å². The molecule has 0 aromatic heterocycles. The lowest BCUT2D eigenvalue weighted by Gasteiger charge is -2.17. The van der Waals surface area contributed by atoms with E-state index < -0.39 is 0 Å². The van der Waals surface area contributed by atoms with E-state index in [4.69, 9.17) is 0 Å². The molecule has 1 aromatic rings. The number of hydrogen-bond acceptors (Lipinski definition) is 1. The van der Waals surface area contributed by atoms with E-state index in [1.54, 1.807) is 0 Å². The highest BCUT2D eigenvalue weighted by Crippen LogP contribution is 2.37. The third-order valence-electron chi connectivity index (χ3n) is 4.34. The Kier molecular flexibility index (Phi) is 4.19. The predicted molar refractivity (Wildman–Crippen MR) is 79.1 cm³/mol. The predicted octanol–water partition coefficient (Wildman–Crippen LogP) is 5.01. The van der Waals surface area contributed by atoms with Gasteiger partial charge in [0.1, 0.15) is 0 Å². The summed E-state index contributed by atoms with van der Waals surface area (Å²) in [6, 6.07) is 9.33. The summed E-state index contributed by atoms with van der Waals surface area (Å²) in [6.07, 6.45) is 3.84. The lowest BCUT2D eigenvalue weighted by atomic mass is 9.88. The Morgan fingerprint density at radius 1 is 1.06 bits per heavy atom. The number of thiol groups is 1. The molecule has 1 saturated carbocycles. The minimum atomic E-state index is 0.620. The van der Waals surface area contributed by atoms with Crippen LogP contribution in [0.25, 0.3) is 0 Å². The van der Waals surface area contributed by atoms with Gasteiger partial charge >= 0.3 is 0 Å². The molecule has 1 aliphatic rings. The van der Waals surface area contributed by atoms with E-state index in [0.29, 0.717) is 17.1 Å². The fourth-order valence-corrected chi connectivity index (χ4v) is 3.12. The molecule has 0 heterocycles. The Balaban J connectivity index is 2.08. The van der Waals surface area contributed by atoms with E-state index in [1.807, 2.05) is 0 Å². The molecule has 0 spiro atoms. The molecule has 1 aliphatic carbocycles. The summed E-state index contributed by atoms with van der Waals surface area (Å²) in [4.78, 5) is 0. The maximum atomic E-state index is 4.58. The molecule has 0 aliphatic heterocycles. The zero-order valence-electron chi connectivity index (χ0n) is 11.2. The molecule has 0 saturated heterocycles. The van der Waals surface area contributed by atoms with Crippen molar-refractivity contribution in [1.29, 1.82) is 0 Å². The van der Waals surface area contributed by atoms with E-state index in [0.717, 1.165) is 5.92 Å². The van der Waals surface area contributed by atoms with Gasteiger partial charge in [-0.05, 0) is 48.1 Å². The van der Waals surface area contributed by atoms with Gasteiger partial charge < -0.3 is 0 Å². The monoisotopic (exact) mass is 248 g/mol. The molecule has 17 heavy (non-hydrogen) atoms. The standard InChI is InChI=1S/C16H24S/c1-11(2)12(3)13-4-6-14(7-5-13)15-8-9-16(17)10-15/h4-7,11-12,15-17H,8-10H2,1-3H3. The van der Waals surface area contributed by atoms with Crippen LogP contribution in [0.1, 0.15) is 63.0 Å². The van der Waals surface area contributed by atoms with Gasteiger partial charge in [-0.1, -0.05) is 45.0 Å². The van der Waals surface area contributed by atoms with Crippen molar-refractivity contribution in [3.05, 3.63) is 35.4 Å². The first kappa shape index (κ1) is 13.0. The van der Waals surface area contributed by atoms with Crippen LogP contribution in [0, 0.1) is 5.92 Å². The third kappa shape index (κ3) is 3.07. The Bertz CT molecular complexity index is 352. The fourth-order valence-electron chi connectivity index (χ4n) is 2.72. The first-order valence-electron chi connectivity index (χ1n) is 6.86. The van der Waals surface area contributed by atoms with Crippen molar-refractivity contribution in [3.8, 4) is 0 Å². The highest BCUT2D eigenvalue weighted by Gasteiger charge is 2.23. The highest BCUT2D eigenvalue weighted by molar-refractivity contribution is 7.80. The molecule has 1 heteroatoms.